The summed E-state index contributed by atoms with van der Waals surface area (Å²) < 4.78 is 1.67. The third-order valence-electron chi connectivity index (χ3n) is 2.52. The van der Waals surface area contributed by atoms with E-state index in [9.17, 15) is 9.59 Å². The van der Waals surface area contributed by atoms with Crippen molar-refractivity contribution in [1.82, 2.24) is 4.57 Å². The Bertz CT molecular complexity index is 595. The van der Waals surface area contributed by atoms with Gasteiger partial charge in [0.1, 0.15) is 0 Å². The molecule has 17 heavy (non-hydrogen) atoms. The van der Waals surface area contributed by atoms with Crippen molar-refractivity contribution in [2.75, 3.05) is 0 Å². The van der Waals surface area contributed by atoms with Crippen LogP contribution in [-0.4, -0.2) is 15.6 Å². The molecule has 1 heterocycles. The maximum atomic E-state index is 11.5. The fourth-order valence-corrected chi connectivity index (χ4v) is 2.27. The second-order valence-corrected chi connectivity index (χ2v) is 4.55. The highest BCUT2D eigenvalue weighted by Crippen LogP contribution is 2.08. The zero-order valence-electron chi connectivity index (χ0n) is 9.21. The first kappa shape index (κ1) is 11.6. The molecular weight excluding hydrogens is 238 g/mol. The summed E-state index contributed by atoms with van der Waals surface area (Å²) in [6, 6.07) is 6.55. The van der Waals surface area contributed by atoms with Gasteiger partial charge in [-0.1, -0.05) is 23.5 Å². The molecule has 1 aromatic carbocycles. The second kappa shape index (κ2) is 4.55. The average Bonchev–Trinajstić information content (AvgIpc) is 2.61. The fraction of sp³-hybridized carbons (Fsp3) is 0.167. The summed E-state index contributed by atoms with van der Waals surface area (Å²) >= 11 is 1.17. The quantitative estimate of drug-likeness (QED) is 0.904. The summed E-state index contributed by atoms with van der Waals surface area (Å²) in [5.41, 5.74) is 2.09. The monoisotopic (exact) mass is 249 g/mol. The van der Waals surface area contributed by atoms with Crippen LogP contribution in [0.5, 0.6) is 0 Å². The normalized spacial score (nSPS) is 10.4. The molecule has 2 aromatic rings. The van der Waals surface area contributed by atoms with E-state index in [1.807, 2.05) is 12.3 Å². The standard InChI is InChI=1S/C12H11NO3S/c1-8-7-17-12(16)13(8)6-9-2-4-10(5-3-9)11(14)15/h2-5,7H,6H2,1H3,(H,14,15). The van der Waals surface area contributed by atoms with E-state index in [1.165, 1.54) is 11.3 Å². The Kier molecular flexibility index (Phi) is 3.10. The molecule has 0 atom stereocenters. The molecule has 88 valence electrons. The molecule has 4 nitrogen and oxygen atoms in total. The van der Waals surface area contributed by atoms with Crippen LogP contribution in [0.15, 0.2) is 34.4 Å². The van der Waals surface area contributed by atoms with Gasteiger partial charge in [-0.2, -0.15) is 0 Å². The summed E-state index contributed by atoms with van der Waals surface area (Å²) in [4.78, 5) is 22.2. The summed E-state index contributed by atoms with van der Waals surface area (Å²) in [6.07, 6.45) is 0. The first-order chi connectivity index (χ1) is 8.08. The topological polar surface area (TPSA) is 59.3 Å². The van der Waals surface area contributed by atoms with Crippen LogP contribution in [0.3, 0.4) is 0 Å². The molecule has 0 spiro atoms. The van der Waals surface area contributed by atoms with E-state index in [-0.39, 0.29) is 10.4 Å². The number of nitrogens with zero attached hydrogens (tertiary/aromatic N) is 1. The van der Waals surface area contributed by atoms with Crippen molar-refractivity contribution in [3.8, 4) is 0 Å². The third-order valence-corrected chi connectivity index (χ3v) is 3.40. The average molecular weight is 249 g/mol. The number of hydrogen-bond acceptors (Lipinski definition) is 3. The van der Waals surface area contributed by atoms with Crippen LogP contribution in [0, 0.1) is 6.92 Å². The number of hydrogen-bond donors (Lipinski definition) is 1. The number of carboxylic acid groups (broad SMARTS) is 1. The lowest BCUT2D eigenvalue weighted by Crippen LogP contribution is -2.15. The molecule has 0 bridgehead atoms. The van der Waals surface area contributed by atoms with Gasteiger partial charge in [0.2, 0.25) is 0 Å². The number of carbonyl (C=O) groups is 1. The van der Waals surface area contributed by atoms with Crippen molar-refractivity contribution in [3.05, 3.63) is 56.1 Å². The molecular formula is C12H11NO3S. The molecule has 1 N–H and O–H groups in total. The lowest BCUT2D eigenvalue weighted by Gasteiger charge is -2.04. The van der Waals surface area contributed by atoms with Gasteiger partial charge in [0.25, 0.3) is 0 Å². The molecule has 0 aliphatic carbocycles. The summed E-state index contributed by atoms with van der Waals surface area (Å²) in [6.45, 7) is 2.36. The molecule has 0 unspecified atom stereocenters. The van der Waals surface area contributed by atoms with Gasteiger partial charge in [-0.05, 0) is 24.6 Å². The molecule has 1 aromatic heterocycles. The molecule has 0 fully saturated rings. The number of aromatic nitrogens is 1. The molecule has 0 amide bonds. The van der Waals surface area contributed by atoms with E-state index in [2.05, 4.69) is 0 Å². The number of rotatable bonds is 3. The van der Waals surface area contributed by atoms with Crippen LogP contribution in [0.25, 0.3) is 0 Å². The van der Waals surface area contributed by atoms with Crippen LogP contribution in [-0.2, 0) is 6.54 Å². The number of aromatic carboxylic acids is 1. The van der Waals surface area contributed by atoms with Crippen molar-refractivity contribution < 1.29 is 9.90 Å². The molecule has 0 aliphatic rings. The fourth-order valence-electron chi connectivity index (χ4n) is 1.53. The summed E-state index contributed by atoms with van der Waals surface area (Å²) in [5.74, 6) is -0.944. The Balaban J connectivity index is 2.25. The van der Waals surface area contributed by atoms with Crippen molar-refractivity contribution in [2.24, 2.45) is 0 Å². The van der Waals surface area contributed by atoms with Gasteiger partial charge in [0.15, 0.2) is 0 Å². The molecule has 0 radical (unpaired) electrons. The summed E-state index contributed by atoms with van der Waals surface area (Å²) in [7, 11) is 0. The predicted molar refractivity (Wildman–Crippen MR) is 65.8 cm³/mol. The van der Waals surface area contributed by atoms with Gasteiger partial charge in [-0.3, -0.25) is 9.36 Å². The van der Waals surface area contributed by atoms with Crippen molar-refractivity contribution >= 4 is 17.3 Å². The lowest BCUT2D eigenvalue weighted by atomic mass is 10.1. The minimum Gasteiger partial charge on any atom is -0.478 e. The van der Waals surface area contributed by atoms with Crippen LogP contribution < -0.4 is 4.87 Å². The highest BCUT2D eigenvalue weighted by molar-refractivity contribution is 7.07. The minimum absolute atomic E-state index is 0.00445. The molecule has 0 saturated heterocycles. The lowest BCUT2D eigenvalue weighted by molar-refractivity contribution is 0.0697. The van der Waals surface area contributed by atoms with Crippen LogP contribution >= 0.6 is 11.3 Å². The summed E-state index contributed by atoms with van der Waals surface area (Å²) in [5, 5.41) is 10.6. The van der Waals surface area contributed by atoms with Crippen molar-refractivity contribution in [1.29, 1.82) is 0 Å². The van der Waals surface area contributed by atoms with E-state index in [0.717, 1.165) is 11.3 Å². The van der Waals surface area contributed by atoms with Crippen molar-refractivity contribution in [3.63, 3.8) is 0 Å². The second-order valence-electron chi connectivity index (χ2n) is 3.73. The molecule has 2 rings (SSSR count). The number of carboxylic acids is 1. The van der Waals surface area contributed by atoms with E-state index < -0.39 is 5.97 Å². The maximum absolute atomic E-state index is 11.5. The first-order valence-corrected chi connectivity index (χ1v) is 5.93. The zero-order valence-corrected chi connectivity index (χ0v) is 10.0. The Morgan fingerprint density at radius 2 is 2.00 bits per heavy atom. The van der Waals surface area contributed by atoms with Crippen LogP contribution in [0.1, 0.15) is 21.6 Å². The largest absolute Gasteiger partial charge is 0.478 e. The van der Waals surface area contributed by atoms with Gasteiger partial charge in [0.05, 0.1) is 12.1 Å². The SMILES string of the molecule is Cc1csc(=O)n1Cc1ccc(C(=O)O)cc1. The Morgan fingerprint density at radius 3 is 2.47 bits per heavy atom. The molecule has 0 aliphatic heterocycles. The van der Waals surface area contributed by atoms with Gasteiger partial charge in [0, 0.05) is 11.1 Å². The van der Waals surface area contributed by atoms with Crippen molar-refractivity contribution in [2.45, 2.75) is 13.5 Å². The highest BCUT2D eigenvalue weighted by Gasteiger charge is 2.05. The predicted octanol–water partition coefficient (Wildman–Crippen LogP) is 1.96. The third kappa shape index (κ3) is 2.45. The minimum atomic E-state index is -0.944. The van der Waals surface area contributed by atoms with E-state index in [1.54, 1.807) is 28.8 Å². The maximum Gasteiger partial charge on any atom is 0.335 e. The number of benzene rings is 1. The highest BCUT2D eigenvalue weighted by atomic mass is 32.1. The Hall–Kier alpha value is -1.88. The zero-order chi connectivity index (χ0) is 12.4. The van der Waals surface area contributed by atoms with Crippen LogP contribution in [0.4, 0.5) is 0 Å². The van der Waals surface area contributed by atoms with E-state index in [4.69, 9.17) is 5.11 Å². The van der Waals surface area contributed by atoms with Crippen LogP contribution in [0.2, 0.25) is 0 Å². The van der Waals surface area contributed by atoms with E-state index in [0.29, 0.717) is 6.54 Å². The number of thiazole rings is 1. The molecule has 5 heteroatoms. The van der Waals surface area contributed by atoms with Gasteiger partial charge in [-0.25, -0.2) is 4.79 Å². The van der Waals surface area contributed by atoms with Gasteiger partial charge >= 0.3 is 10.8 Å². The Morgan fingerprint density at radius 1 is 1.35 bits per heavy atom. The first-order valence-electron chi connectivity index (χ1n) is 5.05. The van der Waals surface area contributed by atoms with Gasteiger partial charge in [-0.15, -0.1) is 0 Å². The Labute approximate surface area is 102 Å². The smallest absolute Gasteiger partial charge is 0.335 e. The van der Waals surface area contributed by atoms with E-state index >= 15 is 0 Å². The molecule has 0 saturated carbocycles. The van der Waals surface area contributed by atoms with Gasteiger partial charge < -0.3 is 5.11 Å². The number of aryl methyl sites for hydroxylation is 1.